The van der Waals surface area contributed by atoms with Crippen LogP contribution < -0.4 is 5.73 Å². The molecule has 4 nitrogen and oxygen atoms in total. The van der Waals surface area contributed by atoms with E-state index in [1.807, 2.05) is 36.7 Å². The summed E-state index contributed by atoms with van der Waals surface area (Å²) in [4.78, 5) is 0. The summed E-state index contributed by atoms with van der Waals surface area (Å²) in [7, 11) is 0. The minimum Gasteiger partial charge on any atom is -0.468 e. The van der Waals surface area contributed by atoms with Gasteiger partial charge in [0.25, 0.3) is 0 Å². The van der Waals surface area contributed by atoms with Crippen LogP contribution in [0.5, 0.6) is 0 Å². The van der Waals surface area contributed by atoms with Crippen molar-refractivity contribution in [2.45, 2.75) is 26.4 Å². The Hall–Kier alpha value is -1.55. The van der Waals surface area contributed by atoms with Crippen molar-refractivity contribution in [2.75, 3.05) is 0 Å². The third-order valence-corrected chi connectivity index (χ3v) is 2.38. The number of rotatable bonds is 3. The van der Waals surface area contributed by atoms with E-state index < -0.39 is 0 Å². The summed E-state index contributed by atoms with van der Waals surface area (Å²) in [5.74, 6) is 0.794. The van der Waals surface area contributed by atoms with Gasteiger partial charge in [-0.2, -0.15) is 5.10 Å². The molecule has 0 aliphatic carbocycles. The SMILES string of the molecule is Cc1cc(C)n(CC(N)c2ccco2)n1. The summed E-state index contributed by atoms with van der Waals surface area (Å²) in [6, 6.07) is 5.62. The molecule has 0 radical (unpaired) electrons. The molecule has 0 aromatic carbocycles. The molecule has 2 aromatic heterocycles. The van der Waals surface area contributed by atoms with E-state index in [0.717, 1.165) is 17.1 Å². The van der Waals surface area contributed by atoms with E-state index in [1.54, 1.807) is 6.26 Å². The molecule has 2 rings (SSSR count). The molecule has 0 aliphatic rings. The van der Waals surface area contributed by atoms with E-state index in [4.69, 9.17) is 10.2 Å². The topological polar surface area (TPSA) is 57.0 Å². The maximum absolute atomic E-state index is 6.00. The van der Waals surface area contributed by atoms with Crippen molar-refractivity contribution in [1.82, 2.24) is 9.78 Å². The van der Waals surface area contributed by atoms with Crippen molar-refractivity contribution in [1.29, 1.82) is 0 Å². The van der Waals surface area contributed by atoms with Gasteiger partial charge in [-0.1, -0.05) is 0 Å². The third kappa shape index (κ3) is 2.10. The van der Waals surface area contributed by atoms with Crippen molar-refractivity contribution < 1.29 is 4.42 Å². The third-order valence-electron chi connectivity index (χ3n) is 2.38. The smallest absolute Gasteiger partial charge is 0.122 e. The molecular formula is C11H15N3O. The maximum Gasteiger partial charge on any atom is 0.122 e. The summed E-state index contributed by atoms with van der Waals surface area (Å²) in [5, 5.41) is 4.36. The molecule has 0 bridgehead atoms. The van der Waals surface area contributed by atoms with Gasteiger partial charge in [0.05, 0.1) is 24.5 Å². The van der Waals surface area contributed by atoms with Crippen LogP contribution in [0.15, 0.2) is 28.9 Å². The minimum absolute atomic E-state index is 0.141. The molecule has 0 saturated carbocycles. The highest BCUT2D eigenvalue weighted by Gasteiger charge is 2.11. The highest BCUT2D eigenvalue weighted by molar-refractivity contribution is 5.08. The number of nitrogens with zero attached hydrogens (tertiary/aromatic N) is 2. The zero-order valence-electron chi connectivity index (χ0n) is 8.97. The molecule has 80 valence electrons. The summed E-state index contributed by atoms with van der Waals surface area (Å²) in [6.45, 7) is 4.64. The molecule has 0 spiro atoms. The first-order valence-electron chi connectivity index (χ1n) is 4.97. The van der Waals surface area contributed by atoms with E-state index in [9.17, 15) is 0 Å². The number of hydrogen-bond donors (Lipinski definition) is 1. The number of aromatic nitrogens is 2. The van der Waals surface area contributed by atoms with Gasteiger partial charge in [-0.15, -0.1) is 0 Å². The van der Waals surface area contributed by atoms with E-state index in [0.29, 0.717) is 6.54 Å². The monoisotopic (exact) mass is 205 g/mol. The van der Waals surface area contributed by atoms with Gasteiger partial charge in [-0.05, 0) is 32.0 Å². The van der Waals surface area contributed by atoms with Crippen LogP contribution in [0, 0.1) is 13.8 Å². The molecule has 1 atom stereocenters. The molecule has 2 heterocycles. The zero-order chi connectivity index (χ0) is 10.8. The minimum atomic E-state index is -0.141. The molecule has 0 amide bonds. The van der Waals surface area contributed by atoms with Crippen LogP contribution in [-0.2, 0) is 6.54 Å². The molecule has 15 heavy (non-hydrogen) atoms. The average molecular weight is 205 g/mol. The normalized spacial score (nSPS) is 13.0. The quantitative estimate of drug-likeness (QED) is 0.831. The van der Waals surface area contributed by atoms with Gasteiger partial charge in [0.15, 0.2) is 0 Å². The Labute approximate surface area is 88.7 Å². The second kappa shape index (κ2) is 3.90. The fraction of sp³-hybridized carbons (Fsp3) is 0.364. The van der Waals surface area contributed by atoms with Crippen LogP contribution in [0.4, 0.5) is 0 Å². The lowest BCUT2D eigenvalue weighted by Crippen LogP contribution is -2.18. The first-order valence-corrected chi connectivity index (χ1v) is 4.97. The standard InChI is InChI=1S/C11H15N3O/c1-8-6-9(2)14(13-8)7-10(12)11-4-3-5-15-11/h3-6,10H,7,12H2,1-2H3. The van der Waals surface area contributed by atoms with Crippen molar-refractivity contribution in [2.24, 2.45) is 5.73 Å². The van der Waals surface area contributed by atoms with Crippen molar-refractivity contribution in [3.8, 4) is 0 Å². The van der Waals surface area contributed by atoms with Gasteiger partial charge in [0.1, 0.15) is 5.76 Å². The number of furan rings is 1. The summed E-state index contributed by atoms with van der Waals surface area (Å²) >= 11 is 0. The van der Waals surface area contributed by atoms with Crippen LogP contribution in [0.2, 0.25) is 0 Å². The van der Waals surface area contributed by atoms with Crippen LogP contribution in [0.3, 0.4) is 0 Å². The van der Waals surface area contributed by atoms with Gasteiger partial charge in [-0.25, -0.2) is 0 Å². The Balaban J connectivity index is 2.12. The van der Waals surface area contributed by atoms with E-state index in [-0.39, 0.29) is 6.04 Å². The summed E-state index contributed by atoms with van der Waals surface area (Å²) in [5.41, 5.74) is 8.13. The Kier molecular flexibility index (Phi) is 2.60. The van der Waals surface area contributed by atoms with Gasteiger partial charge >= 0.3 is 0 Å². The number of hydrogen-bond acceptors (Lipinski definition) is 3. The second-order valence-corrected chi connectivity index (χ2v) is 3.73. The van der Waals surface area contributed by atoms with Gasteiger partial charge in [0, 0.05) is 5.69 Å². The molecule has 0 fully saturated rings. The molecule has 2 aromatic rings. The molecule has 2 N–H and O–H groups in total. The summed E-state index contributed by atoms with van der Waals surface area (Å²) < 4.78 is 7.15. The lowest BCUT2D eigenvalue weighted by molar-refractivity contribution is 0.417. The van der Waals surface area contributed by atoms with Gasteiger partial charge < -0.3 is 10.2 Å². The number of aryl methyl sites for hydroxylation is 2. The largest absolute Gasteiger partial charge is 0.468 e. The average Bonchev–Trinajstić information content (AvgIpc) is 2.76. The zero-order valence-corrected chi connectivity index (χ0v) is 8.97. The molecule has 0 aliphatic heterocycles. The first kappa shape index (κ1) is 9.98. The van der Waals surface area contributed by atoms with Gasteiger partial charge in [-0.3, -0.25) is 4.68 Å². The van der Waals surface area contributed by atoms with Crippen LogP contribution in [0.1, 0.15) is 23.2 Å². The maximum atomic E-state index is 6.00. The molecule has 4 heteroatoms. The Morgan fingerprint density at radius 3 is 2.87 bits per heavy atom. The summed E-state index contributed by atoms with van der Waals surface area (Å²) in [6.07, 6.45) is 1.64. The predicted octanol–water partition coefficient (Wildman–Crippen LogP) is 1.79. The van der Waals surface area contributed by atoms with Crippen molar-refractivity contribution in [3.63, 3.8) is 0 Å². The number of nitrogens with two attached hydrogens (primary N) is 1. The van der Waals surface area contributed by atoms with Gasteiger partial charge in [0.2, 0.25) is 0 Å². The highest BCUT2D eigenvalue weighted by atomic mass is 16.3. The van der Waals surface area contributed by atoms with Crippen LogP contribution in [-0.4, -0.2) is 9.78 Å². The lowest BCUT2D eigenvalue weighted by Gasteiger charge is -2.10. The van der Waals surface area contributed by atoms with E-state index >= 15 is 0 Å². The highest BCUT2D eigenvalue weighted by Crippen LogP contribution is 2.13. The fourth-order valence-electron chi connectivity index (χ4n) is 1.64. The van der Waals surface area contributed by atoms with Crippen molar-refractivity contribution in [3.05, 3.63) is 41.6 Å². The predicted molar refractivity (Wildman–Crippen MR) is 57.3 cm³/mol. The van der Waals surface area contributed by atoms with Crippen LogP contribution >= 0.6 is 0 Å². The Morgan fingerprint density at radius 1 is 1.53 bits per heavy atom. The van der Waals surface area contributed by atoms with Crippen LogP contribution in [0.25, 0.3) is 0 Å². The second-order valence-electron chi connectivity index (χ2n) is 3.73. The molecule has 0 saturated heterocycles. The Bertz CT molecular complexity index is 431. The van der Waals surface area contributed by atoms with E-state index in [2.05, 4.69) is 5.10 Å². The van der Waals surface area contributed by atoms with E-state index in [1.165, 1.54) is 0 Å². The Morgan fingerprint density at radius 2 is 2.33 bits per heavy atom. The van der Waals surface area contributed by atoms with Crippen molar-refractivity contribution >= 4 is 0 Å². The first-order chi connectivity index (χ1) is 7.16. The lowest BCUT2D eigenvalue weighted by atomic mass is 10.2. The molecular weight excluding hydrogens is 190 g/mol. The fourth-order valence-corrected chi connectivity index (χ4v) is 1.64. The molecule has 1 unspecified atom stereocenters.